The Morgan fingerprint density at radius 3 is 2.71 bits per heavy atom. The van der Waals surface area contributed by atoms with Crippen molar-refractivity contribution >= 4 is 6.01 Å². The molecular formula is C13H23N3O. The van der Waals surface area contributed by atoms with Gasteiger partial charge in [-0.15, -0.1) is 0 Å². The minimum absolute atomic E-state index is 0.0380. The van der Waals surface area contributed by atoms with E-state index in [1.165, 1.54) is 25.7 Å². The van der Waals surface area contributed by atoms with E-state index in [-0.39, 0.29) is 5.54 Å². The average Bonchev–Trinajstić information content (AvgIpc) is 2.63. The summed E-state index contributed by atoms with van der Waals surface area (Å²) in [5.41, 5.74) is -0.0380. The highest BCUT2D eigenvalue weighted by molar-refractivity contribution is 5.23. The zero-order valence-corrected chi connectivity index (χ0v) is 11.3. The summed E-state index contributed by atoms with van der Waals surface area (Å²) in [5, 5.41) is 7.32. The van der Waals surface area contributed by atoms with Crippen molar-refractivity contribution in [2.75, 3.05) is 5.32 Å². The highest BCUT2D eigenvalue weighted by atomic mass is 16.5. The number of nitrogens with zero attached hydrogens (tertiary/aromatic N) is 2. The Morgan fingerprint density at radius 2 is 2.06 bits per heavy atom. The van der Waals surface area contributed by atoms with Crippen LogP contribution in [0, 0.1) is 5.92 Å². The molecule has 0 bridgehead atoms. The fourth-order valence-corrected chi connectivity index (χ4v) is 2.44. The molecule has 96 valence electrons. The van der Waals surface area contributed by atoms with Crippen molar-refractivity contribution in [2.24, 2.45) is 5.92 Å². The molecule has 1 saturated carbocycles. The second-order valence-electron chi connectivity index (χ2n) is 6.30. The summed E-state index contributed by atoms with van der Waals surface area (Å²) in [5.74, 6) is 2.15. The second-order valence-corrected chi connectivity index (χ2v) is 6.30. The summed E-state index contributed by atoms with van der Waals surface area (Å²) < 4.78 is 5.26. The smallest absolute Gasteiger partial charge is 0.321 e. The van der Waals surface area contributed by atoms with E-state index < -0.39 is 0 Å². The molecule has 1 heterocycles. The predicted molar refractivity (Wildman–Crippen MR) is 68.0 cm³/mol. The molecule has 2 atom stereocenters. The molecule has 0 aliphatic heterocycles. The Morgan fingerprint density at radius 1 is 1.29 bits per heavy atom. The fourth-order valence-electron chi connectivity index (χ4n) is 2.44. The molecule has 2 unspecified atom stereocenters. The van der Waals surface area contributed by atoms with Gasteiger partial charge in [0.25, 0.3) is 0 Å². The van der Waals surface area contributed by atoms with E-state index in [2.05, 4.69) is 43.2 Å². The van der Waals surface area contributed by atoms with Gasteiger partial charge < -0.3 is 9.84 Å². The molecule has 1 N–H and O–H groups in total. The maximum Gasteiger partial charge on any atom is 0.321 e. The molecule has 17 heavy (non-hydrogen) atoms. The number of hydrogen-bond acceptors (Lipinski definition) is 4. The molecule has 1 fully saturated rings. The lowest BCUT2D eigenvalue weighted by Gasteiger charge is -2.23. The maximum atomic E-state index is 5.26. The van der Waals surface area contributed by atoms with E-state index in [1.54, 1.807) is 0 Å². The zero-order valence-electron chi connectivity index (χ0n) is 11.3. The van der Waals surface area contributed by atoms with Gasteiger partial charge in [0, 0.05) is 11.5 Å². The van der Waals surface area contributed by atoms with Gasteiger partial charge in [-0.1, -0.05) is 24.9 Å². The van der Waals surface area contributed by atoms with Gasteiger partial charge in [-0.3, -0.25) is 0 Å². The normalized spacial score (nSPS) is 25.9. The van der Waals surface area contributed by atoms with E-state index in [0.717, 1.165) is 11.7 Å². The van der Waals surface area contributed by atoms with Crippen LogP contribution in [0.3, 0.4) is 0 Å². The fraction of sp³-hybridized carbons (Fsp3) is 0.846. The molecule has 1 aromatic heterocycles. The van der Waals surface area contributed by atoms with Crippen LogP contribution in [0.15, 0.2) is 4.52 Å². The number of aromatic nitrogens is 2. The maximum absolute atomic E-state index is 5.26. The lowest BCUT2D eigenvalue weighted by atomic mass is 9.82. The van der Waals surface area contributed by atoms with Crippen LogP contribution in [0.5, 0.6) is 0 Å². The van der Waals surface area contributed by atoms with Gasteiger partial charge in [-0.25, -0.2) is 0 Å². The van der Waals surface area contributed by atoms with E-state index in [9.17, 15) is 0 Å². The summed E-state index contributed by atoms with van der Waals surface area (Å²) in [6.07, 6.45) is 5.00. The van der Waals surface area contributed by atoms with Crippen molar-refractivity contribution in [1.29, 1.82) is 0 Å². The molecule has 2 rings (SSSR count). The number of anilines is 1. The third-order valence-electron chi connectivity index (χ3n) is 3.23. The van der Waals surface area contributed by atoms with Gasteiger partial charge in [0.15, 0.2) is 5.82 Å². The molecule has 1 aliphatic rings. The molecule has 1 aliphatic carbocycles. The molecule has 1 aromatic rings. The van der Waals surface area contributed by atoms with E-state index in [0.29, 0.717) is 11.9 Å². The van der Waals surface area contributed by atoms with Gasteiger partial charge in [0.1, 0.15) is 0 Å². The third kappa shape index (κ3) is 3.45. The first-order valence-electron chi connectivity index (χ1n) is 6.56. The predicted octanol–water partition coefficient (Wildman–Crippen LogP) is 3.57. The molecule has 4 nitrogen and oxygen atoms in total. The molecule has 0 aromatic carbocycles. The van der Waals surface area contributed by atoms with Crippen LogP contribution in [0.25, 0.3) is 0 Å². The third-order valence-corrected chi connectivity index (χ3v) is 3.23. The van der Waals surface area contributed by atoms with Crippen LogP contribution in [0.2, 0.25) is 0 Å². The minimum Gasteiger partial charge on any atom is -0.333 e. The Balaban J connectivity index is 2.02. The van der Waals surface area contributed by atoms with Gasteiger partial charge in [-0.2, -0.15) is 4.98 Å². The van der Waals surface area contributed by atoms with E-state index >= 15 is 0 Å². The first kappa shape index (κ1) is 12.4. The second kappa shape index (κ2) is 4.67. The SMILES string of the molecule is CC1CCCC(c2noc(NC(C)(C)C)n2)C1. The van der Waals surface area contributed by atoms with Crippen LogP contribution in [0.1, 0.15) is 65.1 Å². The van der Waals surface area contributed by atoms with Gasteiger partial charge >= 0.3 is 6.01 Å². The van der Waals surface area contributed by atoms with Crippen LogP contribution in [-0.4, -0.2) is 15.7 Å². The topological polar surface area (TPSA) is 51.0 Å². The number of nitrogens with one attached hydrogen (secondary N) is 1. The van der Waals surface area contributed by atoms with E-state index in [4.69, 9.17) is 4.52 Å². The van der Waals surface area contributed by atoms with Crippen molar-refractivity contribution in [3.05, 3.63) is 5.82 Å². The Kier molecular flexibility index (Phi) is 3.40. The van der Waals surface area contributed by atoms with Crippen molar-refractivity contribution in [3.8, 4) is 0 Å². The van der Waals surface area contributed by atoms with Crippen LogP contribution < -0.4 is 5.32 Å². The largest absolute Gasteiger partial charge is 0.333 e. The monoisotopic (exact) mass is 237 g/mol. The van der Waals surface area contributed by atoms with Crippen LogP contribution in [0.4, 0.5) is 6.01 Å². The zero-order chi connectivity index (χ0) is 12.5. The van der Waals surface area contributed by atoms with Crippen LogP contribution >= 0.6 is 0 Å². The van der Waals surface area contributed by atoms with Crippen LogP contribution in [-0.2, 0) is 0 Å². The molecule has 4 heteroatoms. The highest BCUT2D eigenvalue weighted by Crippen LogP contribution is 2.34. The average molecular weight is 237 g/mol. The van der Waals surface area contributed by atoms with Gasteiger partial charge in [0.2, 0.25) is 0 Å². The lowest BCUT2D eigenvalue weighted by molar-refractivity contribution is 0.324. The summed E-state index contributed by atoms with van der Waals surface area (Å²) in [4.78, 5) is 4.46. The molecule has 0 amide bonds. The van der Waals surface area contributed by atoms with Crippen molar-refractivity contribution in [2.45, 2.75) is 64.8 Å². The molecular weight excluding hydrogens is 214 g/mol. The summed E-state index contributed by atoms with van der Waals surface area (Å²) in [6, 6.07) is 0.547. The summed E-state index contributed by atoms with van der Waals surface area (Å²) in [6.45, 7) is 8.55. The Bertz CT molecular complexity index is 367. The Labute approximate surface area is 103 Å². The van der Waals surface area contributed by atoms with Crippen molar-refractivity contribution < 1.29 is 4.52 Å². The van der Waals surface area contributed by atoms with Gasteiger partial charge in [-0.05, 0) is 39.5 Å². The standard InChI is InChI=1S/C13H23N3O/c1-9-6-5-7-10(8-9)11-14-12(17-16-11)15-13(2,3)4/h9-10H,5-8H2,1-4H3,(H,14,15,16). The highest BCUT2D eigenvalue weighted by Gasteiger charge is 2.25. The summed E-state index contributed by atoms with van der Waals surface area (Å²) in [7, 11) is 0. The lowest BCUT2D eigenvalue weighted by Crippen LogP contribution is -2.26. The van der Waals surface area contributed by atoms with E-state index in [1.807, 2.05) is 0 Å². The Hall–Kier alpha value is -1.06. The van der Waals surface area contributed by atoms with Gasteiger partial charge in [0.05, 0.1) is 0 Å². The number of hydrogen-bond donors (Lipinski definition) is 1. The first-order chi connectivity index (χ1) is 7.94. The van der Waals surface area contributed by atoms with Crippen molar-refractivity contribution in [1.82, 2.24) is 10.1 Å². The minimum atomic E-state index is -0.0380. The first-order valence-corrected chi connectivity index (χ1v) is 6.56. The summed E-state index contributed by atoms with van der Waals surface area (Å²) >= 11 is 0. The quantitative estimate of drug-likeness (QED) is 0.854. The molecule has 0 radical (unpaired) electrons. The number of rotatable bonds is 2. The molecule has 0 spiro atoms. The van der Waals surface area contributed by atoms with Crippen molar-refractivity contribution in [3.63, 3.8) is 0 Å². The molecule has 0 saturated heterocycles.